The number of nitrogens with two attached hydrogens (primary N) is 1. The van der Waals surface area contributed by atoms with Crippen LogP contribution in [-0.4, -0.2) is 51.3 Å². The number of carbonyl (C=O) groups excluding carboxylic acids is 1. The topological polar surface area (TPSA) is 64.8 Å². The van der Waals surface area contributed by atoms with Gasteiger partial charge in [0.2, 0.25) is 0 Å². The molecule has 0 bridgehead atoms. The lowest BCUT2D eigenvalue weighted by atomic mass is 10.1. The Labute approximate surface area is 114 Å². The van der Waals surface area contributed by atoms with Crippen molar-refractivity contribution in [1.82, 2.24) is 4.90 Å². The molecule has 0 fully saturated rings. The van der Waals surface area contributed by atoms with Gasteiger partial charge in [-0.15, -0.1) is 0 Å². The first-order valence-corrected chi connectivity index (χ1v) is 6.36. The number of hydrogen-bond acceptors (Lipinski definition) is 4. The molecule has 0 heterocycles. The van der Waals surface area contributed by atoms with Gasteiger partial charge < -0.3 is 20.1 Å². The molecule has 0 atom stereocenters. The number of carbonyl (C=O) groups is 1. The monoisotopic (exact) mass is 266 g/mol. The Balaban J connectivity index is 2.84. The highest BCUT2D eigenvalue weighted by Gasteiger charge is 2.18. The van der Waals surface area contributed by atoms with Gasteiger partial charge in [0.15, 0.2) is 0 Å². The molecule has 2 N–H and O–H groups in total. The molecule has 1 rings (SSSR count). The third-order valence-electron chi connectivity index (χ3n) is 2.82. The summed E-state index contributed by atoms with van der Waals surface area (Å²) >= 11 is 0. The largest absolute Gasteiger partial charge is 0.496 e. The maximum Gasteiger partial charge on any atom is 0.257 e. The maximum atomic E-state index is 12.5. The van der Waals surface area contributed by atoms with Crippen molar-refractivity contribution in [2.75, 3.05) is 40.5 Å². The summed E-state index contributed by atoms with van der Waals surface area (Å²) in [4.78, 5) is 14.2. The maximum absolute atomic E-state index is 12.5. The van der Waals surface area contributed by atoms with E-state index in [0.717, 1.165) is 6.42 Å². The first-order valence-electron chi connectivity index (χ1n) is 6.36. The average molecular weight is 266 g/mol. The van der Waals surface area contributed by atoms with Crippen LogP contribution in [0.15, 0.2) is 24.3 Å². The van der Waals surface area contributed by atoms with E-state index in [2.05, 4.69) is 0 Å². The second kappa shape index (κ2) is 8.50. The zero-order valence-corrected chi connectivity index (χ0v) is 11.6. The summed E-state index contributed by atoms with van der Waals surface area (Å²) < 4.78 is 10.3. The number of nitrogens with zero attached hydrogens (tertiary/aromatic N) is 1. The molecule has 106 valence electrons. The van der Waals surface area contributed by atoms with Crippen LogP contribution in [0.3, 0.4) is 0 Å². The van der Waals surface area contributed by atoms with E-state index in [9.17, 15) is 4.79 Å². The summed E-state index contributed by atoms with van der Waals surface area (Å²) in [6.07, 6.45) is 0.768. The van der Waals surface area contributed by atoms with E-state index in [0.29, 0.717) is 37.6 Å². The van der Waals surface area contributed by atoms with Crippen LogP contribution < -0.4 is 10.5 Å². The lowest BCUT2D eigenvalue weighted by Crippen LogP contribution is -2.35. The highest BCUT2D eigenvalue weighted by Crippen LogP contribution is 2.19. The van der Waals surface area contributed by atoms with Gasteiger partial charge in [-0.2, -0.15) is 0 Å². The molecule has 0 unspecified atom stereocenters. The van der Waals surface area contributed by atoms with E-state index in [1.165, 1.54) is 0 Å². The highest BCUT2D eigenvalue weighted by molar-refractivity contribution is 5.96. The van der Waals surface area contributed by atoms with Crippen LogP contribution in [0.5, 0.6) is 5.75 Å². The van der Waals surface area contributed by atoms with Crippen molar-refractivity contribution in [3.63, 3.8) is 0 Å². The Bertz CT molecular complexity index is 388. The fourth-order valence-corrected chi connectivity index (χ4v) is 1.79. The molecule has 0 saturated carbocycles. The van der Waals surface area contributed by atoms with E-state index >= 15 is 0 Å². The summed E-state index contributed by atoms with van der Waals surface area (Å²) in [5.41, 5.74) is 6.07. The molecule has 19 heavy (non-hydrogen) atoms. The van der Waals surface area contributed by atoms with Crippen LogP contribution in [0.4, 0.5) is 0 Å². The summed E-state index contributed by atoms with van der Waals surface area (Å²) in [6.45, 7) is 2.23. The zero-order chi connectivity index (χ0) is 14.1. The minimum Gasteiger partial charge on any atom is -0.496 e. The van der Waals surface area contributed by atoms with Crippen LogP contribution in [0, 0.1) is 0 Å². The second-order valence-corrected chi connectivity index (χ2v) is 4.13. The van der Waals surface area contributed by atoms with Gasteiger partial charge in [0, 0.05) is 20.2 Å². The SMILES string of the molecule is COCCN(CCCN)C(=O)c1ccccc1OC. The van der Waals surface area contributed by atoms with Crippen molar-refractivity contribution in [1.29, 1.82) is 0 Å². The van der Waals surface area contributed by atoms with Crippen molar-refractivity contribution in [3.05, 3.63) is 29.8 Å². The number of methoxy groups -OCH3 is 2. The third-order valence-corrected chi connectivity index (χ3v) is 2.82. The van der Waals surface area contributed by atoms with Crippen molar-refractivity contribution in [3.8, 4) is 5.75 Å². The molecule has 0 aromatic heterocycles. The molecule has 5 nitrogen and oxygen atoms in total. The number of hydrogen-bond donors (Lipinski definition) is 1. The minimum absolute atomic E-state index is 0.0528. The van der Waals surface area contributed by atoms with Gasteiger partial charge in [-0.3, -0.25) is 4.79 Å². The summed E-state index contributed by atoms with van der Waals surface area (Å²) in [5, 5.41) is 0. The minimum atomic E-state index is -0.0528. The number of rotatable bonds is 8. The predicted octanol–water partition coefficient (Wildman–Crippen LogP) is 1.13. The van der Waals surface area contributed by atoms with Gasteiger partial charge in [0.25, 0.3) is 5.91 Å². The van der Waals surface area contributed by atoms with E-state index < -0.39 is 0 Å². The molecular formula is C14H22N2O3. The van der Waals surface area contributed by atoms with E-state index in [1.807, 2.05) is 12.1 Å². The fraction of sp³-hybridized carbons (Fsp3) is 0.500. The molecule has 1 aromatic carbocycles. The second-order valence-electron chi connectivity index (χ2n) is 4.13. The molecule has 0 spiro atoms. The van der Waals surface area contributed by atoms with Gasteiger partial charge in [-0.25, -0.2) is 0 Å². The lowest BCUT2D eigenvalue weighted by Gasteiger charge is -2.23. The average Bonchev–Trinajstić information content (AvgIpc) is 2.46. The molecular weight excluding hydrogens is 244 g/mol. The Morgan fingerprint density at radius 3 is 2.63 bits per heavy atom. The van der Waals surface area contributed by atoms with Gasteiger partial charge in [0.05, 0.1) is 19.3 Å². The van der Waals surface area contributed by atoms with Crippen LogP contribution in [-0.2, 0) is 4.74 Å². The van der Waals surface area contributed by atoms with Gasteiger partial charge in [0.1, 0.15) is 5.75 Å². The quantitative estimate of drug-likeness (QED) is 0.766. The highest BCUT2D eigenvalue weighted by atomic mass is 16.5. The molecule has 1 amide bonds. The van der Waals surface area contributed by atoms with E-state index in [4.69, 9.17) is 15.2 Å². The van der Waals surface area contributed by atoms with Crippen molar-refractivity contribution >= 4 is 5.91 Å². The smallest absolute Gasteiger partial charge is 0.257 e. The van der Waals surface area contributed by atoms with E-state index in [1.54, 1.807) is 31.3 Å². The lowest BCUT2D eigenvalue weighted by molar-refractivity contribution is 0.0691. The number of ether oxygens (including phenoxy) is 2. The van der Waals surface area contributed by atoms with Gasteiger partial charge >= 0.3 is 0 Å². The zero-order valence-electron chi connectivity index (χ0n) is 11.6. The molecule has 1 aromatic rings. The van der Waals surface area contributed by atoms with Gasteiger partial charge in [-0.05, 0) is 25.1 Å². The molecule has 5 heteroatoms. The van der Waals surface area contributed by atoms with Crippen LogP contribution >= 0.6 is 0 Å². The van der Waals surface area contributed by atoms with Crippen LogP contribution in [0.2, 0.25) is 0 Å². The predicted molar refractivity (Wildman–Crippen MR) is 74.4 cm³/mol. The fourth-order valence-electron chi connectivity index (χ4n) is 1.79. The molecule has 0 saturated heterocycles. The summed E-state index contributed by atoms with van der Waals surface area (Å²) in [6, 6.07) is 7.22. The summed E-state index contributed by atoms with van der Waals surface area (Å²) in [5.74, 6) is 0.533. The van der Waals surface area contributed by atoms with E-state index in [-0.39, 0.29) is 5.91 Å². The standard InChI is InChI=1S/C14H22N2O3/c1-18-11-10-16(9-5-8-15)14(17)12-6-3-4-7-13(12)19-2/h3-4,6-7H,5,8-11,15H2,1-2H3. The molecule has 0 aliphatic rings. The number of amides is 1. The molecule has 0 radical (unpaired) electrons. The van der Waals surface area contributed by atoms with Crippen molar-refractivity contribution in [2.45, 2.75) is 6.42 Å². The van der Waals surface area contributed by atoms with Crippen molar-refractivity contribution < 1.29 is 14.3 Å². The number of para-hydroxylation sites is 1. The van der Waals surface area contributed by atoms with Crippen LogP contribution in [0.25, 0.3) is 0 Å². The number of benzene rings is 1. The Hall–Kier alpha value is -1.59. The Kier molecular flexibility index (Phi) is 6.92. The third kappa shape index (κ3) is 4.54. The van der Waals surface area contributed by atoms with Gasteiger partial charge in [-0.1, -0.05) is 12.1 Å². The normalized spacial score (nSPS) is 10.3. The Morgan fingerprint density at radius 2 is 2.00 bits per heavy atom. The molecule has 0 aliphatic heterocycles. The first-order chi connectivity index (χ1) is 9.24. The van der Waals surface area contributed by atoms with Crippen LogP contribution in [0.1, 0.15) is 16.8 Å². The molecule has 0 aliphatic carbocycles. The van der Waals surface area contributed by atoms with Crippen molar-refractivity contribution in [2.24, 2.45) is 5.73 Å². The Morgan fingerprint density at radius 1 is 1.26 bits per heavy atom. The summed E-state index contributed by atoms with van der Waals surface area (Å²) in [7, 11) is 3.18. The first kappa shape index (κ1) is 15.5.